The maximum absolute atomic E-state index is 13.8. The Balaban J connectivity index is 1.66. The van der Waals surface area contributed by atoms with Gasteiger partial charge in [-0.05, 0) is 44.2 Å². The lowest BCUT2D eigenvalue weighted by atomic mass is 9.93. The minimum absolute atomic E-state index is 0.0795. The van der Waals surface area contributed by atoms with E-state index in [0.717, 1.165) is 37.7 Å². The van der Waals surface area contributed by atoms with Gasteiger partial charge in [-0.2, -0.15) is 5.10 Å². The molecule has 8 heteroatoms. The number of nitrogens with one attached hydrogen (secondary N) is 1. The van der Waals surface area contributed by atoms with Crippen molar-refractivity contribution >= 4 is 17.8 Å². The molecule has 0 unspecified atom stereocenters. The first-order valence-electron chi connectivity index (χ1n) is 12.8. The molecule has 0 radical (unpaired) electrons. The quantitative estimate of drug-likeness (QED) is 0.480. The van der Waals surface area contributed by atoms with Crippen LogP contribution in [0.2, 0.25) is 0 Å². The van der Waals surface area contributed by atoms with Crippen molar-refractivity contribution in [2.45, 2.75) is 90.4 Å². The number of hydrogen-bond donors (Lipinski definition) is 1. The van der Waals surface area contributed by atoms with Gasteiger partial charge in [0.1, 0.15) is 11.2 Å². The Kier molecular flexibility index (Phi) is 7.57. The molecule has 2 aliphatic rings. The molecule has 0 bridgehead atoms. The van der Waals surface area contributed by atoms with E-state index in [2.05, 4.69) is 29.5 Å². The zero-order valence-corrected chi connectivity index (χ0v) is 21.0. The second-order valence-electron chi connectivity index (χ2n) is 9.79. The first-order chi connectivity index (χ1) is 16.9. The number of fused-ring (bicyclic) bond motifs is 1. The number of aromatic nitrogens is 2. The summed E-state index contributed by atoms with van der Waals surface area (Å²) in [6.07, 6.45) is 7.41. The molecular formula is C27H36N4O4. The van der Waals surface area contributed by atoms with Gasteiger partial charge in [0.25, 0.3) is 5.91 Å². The molecule has 1 fully saturated rings. The zero-order valence-electron chi connectivity index (χ0n) is 21.0. The van der Waals surface area contributed by atoms with Crippen molar-refractivity contribution in [3.63, 3.8) is 0 Å². The molecule has 1 aromatic carbocycles. The van der Waals surface area contributed by atoms with Crippen LogP contribution in [0, 0.1) is 0 Å². The summed E-state index contributed by atoms with van der Waals surface area (Å²) in [5.74, 6) is -1.08. The molecule has 1 saturated carbocycles. The van der Waals surface area contributed by atoms with Crippen molar-refractivity contribution < 1.29 is 19.1 Å². The van der Waals surface area contributed by atoms with Crippen LogP contribution in [0.4, 0.5) is 0 Å². The average Bonchev–Trinajstić information content (AvgIpc) is 3.11. The average molecular weight is 481 g/mol. The van der Waals surface area contributed by atoms with E-state index in [9.17, 15) is 14.4 Å². The molecular weight excluding hydrogens is 444 g/mol. The van der Waals surface area contributed by atoms with Gasteiger partial charge in [0, 0.05) is 18.7 Å². The molecule has 2 heterocycles. The first kappa shape index (κ1) is 24.9. The van der Waals surface area contributed by atoms with Crippen molar-refractivity contribution in [3.05, 3.63) is 52.8 Å². The van der Waals surface area contributed by atoms with E-state index in [1.807, 2.05) is 12.1 Å². The van der Waals surface area contributed by atoms with Crippen LogP contribution in [-0.2, 0) is 29.0 Å². The number of carbonyl (C=O) groups is 3. The first-order valence-corrected chi connectivity index (χ1v) is 12.8. The number of hydrogen-bond acceptors (Lipinski definition) is 5. The van der Waals surface area contributed by atoms with Crippen molar-refractivity contribution in [1.29, 1.82) is 0 Å². The summed E-state index contributed by atoms with van der Waals surface area (Å²) in [5.41, 5.74) is 1.37. The number of benzene rings is 1. The van der Waals surface area contributed by atoms with E-state index >= 15 is 0 Å². The molecule has 1 aliphatic carbocycles. The van der Waals surface area contributed by atoms with Crippen molar-refractivity contribution in [2.75, 3.05) is 6.61 Å². The number of amides is 2. The van der Waals surface area contributed by atoms with Crippen molar-refractivity contribution in [1.82, 2.24) is 20.0 Å². The number of rotatable bonds is 7. The Morgan fingerprint density at radius 3 is 2.37 bits per heavy atom. The smallest absolute Gasteiger partial charge is 0.358 e. The summed E-state index contributed by atoms with van der Waals surface area (Å²) < 4.78 is 6.56. The third-order valence-corrected chi connectivity index (χ3v) is 7.23. The summed E-state index contributed by atoms with van der Waals surface area (Å²) in [6.45, 7) is 6.29. The fourth-order valence-corrected chi connectivity index (χ4v) is 5.02. The van der Waals surface area contributed by atoms with Crippen LogP contribution in [0.15, 0.2) is 30.3 Å². The molecule has 1 atom stereocenters. The number of esters is 1. The SMILES string of the molecule is CCOC(=O)c1cc2n(n1)C[C@](C)(C(=O)NC1CCCCCC1)N(Cc1ccc(CC)cc1)C2=O. The molecule has 0 saturated heterocycles. The Morgan fingerprint density at radius 2 is 1.74 bits per heavy atom. The number of carbonyl (C=O) groups excluding carboxylic acids is 3. The topological polar surface area (TPSA) is 93.5 Å². The molecule has 2 amide bonds. The fraction of sp³-hybridized carbons (Fsp3) is 0.556. The van der Waals surface area contributed by atoms with E-state index in [1.54, 1.807) is 18.7 Å². The van der Waals surface area contributed by atoms with E-state index in [-0.39, 0.29) is 48.9 Å². The van der Waals surface area contributed by atoms with Crippen LogP contribution in [0.3, 0.4) is 0 Å². The molecule has 1 aromatic heterocycles. The van der Waals surface area contributed by atoms with Gasteiger partial charge >= 0.3 is 5.97 Å². The number of ether oxygens (including phenoxy) is 1. The minimum Gasteiger partial charge on any atom is -0.461 e. The van der Waals surface area contributed by atoms with Crippen LogP contribution in [0.1, 0.15) is 91.4 Å². The van der Waals surface area contributed by atoms with Crippen molar-refractivity contribution in [2.24, 2.45) is 0 Å². The zero-order chi connectivity index (χ0) is 25.0. The van der Waals surface area contributed by atoms with Gasteiger partial charge in [-0.25, -0.2) is 4.79 Å². The molecule has 8 nitrogen and oxygen atoms in total. The lowest BCUT2D eigenvalue weighted by Gasteiger charge is -2.44. The van der Waals surface area contributed by atoms with Crippen LogP contribution in [0.5, 0.6) is 0 Å². The Bertz CT molecular complexity index is 1070. The molecule has 0 spiro atoms. The summed E-state index contributed by atoms with van der Waals surface area (Å²) in [7, 11) is 0. The summed E-state index contributed by atoms with van der Waals surface area (Å²) in [6, 6.07) is 9.69. The third-order valence-electron chi connectivity index (χ3n) is 7.23. The monoisotopic (exact) mass is 480 g/mol. The lowest BCUT2D eigenvalue weighted by Crippen LogP contribution is -2.64. The molecule has 1 aliphatic heterocycles. The predicted octanol–water partition coefficient (Wildman–Crippen LogP) is 3.88. The second-order valence-corrected chi connectivity index (χ2v) is 9.79. The van der Waals surface area contributed by atoms with Gasteiger partial charge in [-0.15, -0.1) is 0 Å². The number of aryl methyl sites for hydroxylation is 1. The third kappa shape index (κ3) is 5.26. The second kappa shape index (κ2) is 10.6. The summed E-state index contributed by atoms with van der Waals surface area (Å²) >= 11 is 0. The molecule has 188 valence electrons. The highest BCUT2D eigenvalue weighted by molar-refractivity contribution is 6.01. The van der Waals surface area contributed by atoms with Gasteiger partial charge in [0.2, 0.25) is 5.91 Å². The van der Waals surface area contributed by atoms with E-state index in [4.69, 9.17) is 4.74 Å². The van der Waals surface area contributed by atoms with Crippen LogP contribution < -0.4 is 5.32 Å². The lowest BCUT2D eigenvalue weighted by molar-refractivity contribution is -0.134. The maximum atomic E-state index is 13.8. The predicted molar refractivity (Wildman–Crippen MR) is 132 cm³/mol. The fourth-order valence-electron chi connectivity index (χ4n) is 5.02. The Hall–Kier alpha value is -3.16. The van der Waals surface area contributed by atoms with Gasteiger partial charge in [0.05, 0.1) is 13.2 Å². The van der Waals surface area contributed by atoms with E-state index in [1.165, 1.54) is 29.2 Å². The molecule has 2 aromatic rings. The van der Waals surface area contributed by atoms with Gasteiger partial charge in [-0.3, -0.25) is 14.3 Å². The Labute approximate surface area is 207 Å². The van der Waals surface area contributed by atoms with Gasteiger partial charge in [0.15, 0.2) is 5.69 Å². The van der Waals surface area contributed by atoms with E-state index < -0.39 is 11.5 Å². The number of nitrogens with zero attached hydrogens (tertiary/aromatic N) is 3. The maximum Gasteiger partial charge on any atom is 0.358 e. The molecule has 4 rings (SSSR count). The minimum atomic E-state index is -1.15. The van der Waals surface area contributed by atoms with E-state index in [0.29, 0.717) is 0 Å². The highest BCUT2D eigenvalue weighted by atomic mass is 16.5. The van der Waals surface area contributed by atoms with Gasteiger partial charge in [-0.1, -0.05) is 56.9 Å². The van der Waals surface area contributed by atoms with Crippen LogP contribution in [-0.4, -0.2) is 50.7 Å². The van der Waals surface area contributed by atoms with Crippen LogP contribution in [0.25, 0.3) is 0 Å². The van der Waals surface area contributed by atoms with Crippen molar-refractivity contribution in [3.8, 4) is 0 Å². The largest absolute Gasteiger partial charge is 0.461 e. The highest BCUT2D eigenvalue weighted by Crippen LogP contribution is 2.30. The van der Waals surface area contributed by atoms with Crippen LogP contribution >= 0.6 is 0 Å². The molecule has 35 heavy (non-hydrogen) atoms. The molecule has 1 N–H and O–H groups in total. The highest BCUT2D eigenvalue weighted by Gasteiger charge is 2.48. The summed E-state index contributed by atoms with van der Waals surface area (Å²) in [4.78, 5) is 41.4. The standard InChI is InChI=1S/C27H36N4O4/c1-4-19-12-14-20(15-13-19)17-30-24(32)23-16-22(25(33)35-5-2)29-31(23)18-27(30,3)26(34)28-21-10-8-6-7-9-11-21/h12-16,21H,4-11,17-18H2,1-3H3,(H,28,34)/t27-/m1/s1. The summed E-state index contributed by atoms with van der Waals surface area (Å²) in [5, 5.41) is 7.58. The normalized spacial score (nSPS) is 20.8. The van der Waals surface area contributed by atoms with Gasteiger partial charge < -0.3 is 15.0 Å². The Morgan fingerprint density at radius 1 is 1.09 bits per heavy atom.